The molecule has 0 aliphatic carbocycles. The zero-order valence-corrected chi connectivity index (χ0v) is 20.5. The molecule has 0 aromatic heterocycles. The van der Waals surface area contributed by atoms with Crippen molar-refractivity contribution in [2.45, 2.75) is 35.3 Å². The van der Waals surface area contributed by atoms with Gasteiger partial charge in [-0.1, -0.05) is 10.7 Å². The molecule has 22 heteroatoms. The minimum Gasteiger partial charge on any atom is -0.378 e. The predicted molar refractivity (Wildman–Crippen MR) is 107 cm³/mol. The summed E-state index contributed by atoms with van der Waals surface area (Å²) in [6.07, 6.45) is -0.750. The van der Waals surface area contributed by atoms with Crippen LogP contribution >= 0.6 is 0 Å². The van der Waals surface area contributed by atoms with Gasteiger partial charge in [0.1, 0.15) is 5.75 Å². The lowest BCUT2D eigenvalue weighted by atomic mass is 10.0. The molecule has 0 spiro atoms. The highest BCUT2D eigenvalue weighted by molar-refractivity contribution is 8.05. The molecule has 0 unspecified atom stereocenters. The molecule has 0 radical (unpaired) electrons. The number of allylic oxidation sites excluding steroid dienone is 1. The van der Waals surface area contributed by atoms with Crippen LogP contribution in [0.4, 0.5) is 39.5 Å². The Morgan fingerprint density at radius 1 is 0.816 bits per heavy atom. The molecule has 1 aromatic carbocycles. The Hall–Kier alpha value is -2.72. The van der Waals surface area contributed by atoms with Gasteiger partial charge in [0.15, 0.2) is 11.6 Å². The molecule has 0 atom stereocenters. The zero-order chi connectivity index (χ0) is 30.3. The van der Waals surface area contributed by atoms with E-state index in [0.29, 0.717) is 24.3 Å². The molecular weight excluding hydrogens is 617 g/mol. The molecule has 0 heterocycles. The lowest BCUT2D eigenvalue weighted by molar-refractivity contribution is -0.245. The molecular formula is C16H12F9NO9S3. The first-order valence-electron chi connectivity index (χ1n) is 8.88. The highest BCUT2D eigenvalue weighted by Gasteiger charge is 2.83. The van der Waals surface area contributed by atoms with Gasteiger partial charge in [-0.05, 0) is 36.8 Å². The van der Waals surface area contributed by atoms with Crippen molar-refractivity contribution in [1.82, 2.24) is 4.13 Å². The summed E-state index contributed by atoms with van der Waals surface area (Å²) in [5.41, 5.74) is -7.11. The third-order valence-electron chi connectivity index (χ3n) is 4.09. The standard InChI is InChI=1S/C16H12F9NO9S3/c1-8(2)11(27)7-12(28)9-3-5-10(6-4-9)35-38(33,34)15(21,22)13(17,18)14(19,20)36(29,30)26-37(31,32)16(23,24)25/h3-6,26H,1,7H2,2H3. The first-order chi connectivity index (χ1) is 16.6. The van der Waals surface area contributed by atoms with Crippen LogP contribution in [0.15, 0.2) is 36.4 Å². The van der Waals surface area contributed by atoms with Gasteiger partial charge in [0.25, 0.3) is 10.0 Å². The van der Waals surface area contributed by atoms with Crippen molar-refractivity contribution in [3.8, 4) is 5.75 Å². The monoisotopic (exact) mass is 629 g/mol. The fraction of sp³-hybridized carbons (Fsp3) is 0.375. The topological polar surface area (TPSA) is 158 Å². The second kappa shape index (κ2) is 10.1. The van der Waals surface area contributed by atoms with Crippen molar-refractivity contribution in [3.05, 3.63) is 42.0 Å². The van der Waals surface area contributed by atoms with Gasteiger partial charge in [-0.2, -0.15) is 47.9 Å². The third kappa shape index (κ3) is 6.12. The van der Waals surface area contributed by atoms with Crippen LogP contribution < -0.4 is 8.31 Å². The summed E-state index contributed by atoms with van der Waals surface area (Å²) >= 11 is 0. The number of sulfonamides is 2. The average Bonchev–Trinajstić information content (AvgIpc) is 2.71. The lowest BCUT2D eigenvalue weighted by Crippen LogP contribution is -2.64. The van der Waals surface area contributed by atoms with E-state index in [1.165, 1.54) is 6.92 Å². The molecule has 0 aliphatic rings. The number of carbonyl (C=O) groups is 2. The number of carbonyl (C=O) groups excluding carboxylic acids is 2. The molecule has 0 saturated heterocycles. The van der Waals surface area contributed by atoms with E-state index in [4.69, 9.17) is 0 Å². The molecule has 1 N–H and O–H groups in total. The van der Waals surface area contributed by atoms with Crippen LogP contribution in [-0.4, -0.2) is 58.8 Å². The van der Waals surface area contributed by atoms with Crippen LogP contribution in [0.2, 0.25) is 0 Å². The summed E-state index contributed by atoms with van der Waals surface area (Å²) in [7, 11) is -22.6. The second-order valence-corrected chi connectivity index (χ2v) is 12.3. The van der Waals surface area contributed by atoms with Crippen molar-refractivity contribution in [2.75, 3.05) is 0 Å². The van der Waals surface area contributed by atoms with Crippen LogP contribution in [0, 0.1) is 0 Å². The van der Waals surface area contributed by atoms with Gasteiger partial charge in [0.05, 0.1) is 6.42 Å². The maximum Gasteiger partial charge on any atom is 0.512 e. The number of Topliss-reactive ketones (excluding diaryl/α,β-unsaturated/α-hetero) is 2. The van der Waals surface area contributed by atoms with E-state index in [1.54, 1.807) is 0 Å². The molecule has 216 valence electrons. The lowest BCUT2D eigenvalue weighted by Gasteiger charge is -2.31. The minimum absolute atomic E-state index is 0.0300. The van der Waals surface area contributed by atoms with Crippen LogP contribution in [0.5, 0.6) is 5.75 Å². The maximum atomic E-state index is 14.1. The molecule has 0 fully saturated rings. The number of hydrogen-bond donors (Lipinski definition) is 1. The van der Waals surface area contributed by atoms with E-state index >= 15 is 0 Å². The summed E-state index contributed by atoms with van der Waals surface area (Å²) in [5, 5.41) is -14.7. The number of rotatable bonds is 12. The molecule has 0 aliphatic heterocycles. The summed E-state index contributed by atoms with van der Waals surface area (Å²) < 4.78 is 191. The molecule has 10 nitrogen and oxygen atoms in total. The zero-order valence-electron chi connectivity index (χ0n) is 18.0. The fourth-order valence-electron chi connectivity index (χ4n) is 2.01. The minimum atomic E-state index is -7.92. The number of hydrogen-bond acceptors (Lipinski definition) is 9. The van der Waals surface area contributed by atoms with Gasteiger partial charge in [0.2, 0.25) is 0 Å². The second-order valence-electron chi connectivity index (χ2n) is 7.01. The first-order valence-corrected chi connectivity index (χ1v) is 13.3. The molecule has 0 amide bonds. The highest BCUT2D eigenvalue weighted by Crippen LogP contribution is 2.51. The molecule has 0 saturated carbocycles. The number of alkyl halides is 9. The predicted octanol–water partition coefficient (Wildman–Crippen LogP) is 2.70. The van der Waals surface area contributed by atoms with Gasteiger partial charge in [-0.15, -0.1) is 0 Å². The molecule has 38 heavy (non-hydrogen) atoms. The van der Waals surface area contributed by atoms with E-state index in [0.717, 1.165) is 0 Å². The summed E-state index contributed by atoms with van der Waals surface area (Å²) in [4.78, 5) is 23.4. The van der Waals surface area contributed by atoms with Crippen LogP contribution in [-0.2, 0) is 35.0 Å². The van der Waals surface area contributed by atoms with E-state index in [9.17, 15) is 74.4 Å². The van der Waals surface area contributed by atoms with Crippen LogP contribution in [0.25, 0.3) is 0 Å². The van der Waals surface area contributed by atoms with Crippen molar-refractivity contribution < 1.29 is 78.5 Å². The number of benzene rings is 1. The third-order valence-corrected chi connectivity index (χ3v) is 8.68. The maximum absolute atomic E-state index is 14.1. The van der Waals surface area contributed by atoms with Gasteiger partial charge in [-0.25, -0.2) is 16.8 Å². The Balaban J connectivity index is 3.35. The Morgan fingerprint density at radius 2 is 1.26 bits per heavy atom. The number of nitrogens with one attached hydrogen (secondary N) is 1. The van der Waals surface area contributed by atoms with Crippen LogP contribution in [0.1, 0.15) is 23.7 Å². The van der Waals surface area contributed by atoms with Crippen molar-refractivity contribution in [1.29, 1.82) is 0 Å². The Bertz CT molecular complexity index is 1450. The van der Waals surface area contributed by atoms with Crippen molar-refractivity contribution in [2.24, 2.45) is 0 Å². The molecule has 0 bridgehead atoms. The van der Waals surface area contributed by atoms with Gasteiger partial charge >= 0.3 is 42.1 Å². The molecule has 1 rings (SSSR count). The van der Waals surface area contributed by atoms with E-state index < -0.39 is 80.0 Å². The van der Waals surface area contributed by atoms with Gasteiger partial charge in [-0.3, -0.25) is 9.59 Å². The summed E-state index contributed by atoms with van der Waals surface area (Å²) in [5.74, 6) is -10.6. The average molecular weight is 629 g/mol. The van der Waals surface area contributed by atoms with E-state index in [-0.39, 0.29) is 11.1 Å². The summed E-state index contributed by atoms with van der Waals surface area (Å²) in [6.45, 7) is 4.52. The van der Waals surface area contributed by atoms with Crippen molar-refractivity contribution >= 4 is 41.7 Å². The number of halogens is 9. The van der Waals surface area contributed by atoms with E-state index in [1.807, 2.05) is 0 Å². The summed E-state index contributed by atoms with van der Waals surface area (Å²) in [6, 6.07) is 1.97. The fourth-order valence-corrected chi connectivity index (χ4v) is 5.41. The van der Waals surface area contributed by atoms with Crippen LogP contribution in [0.3, 0.4) is 0 Å². The highest BCUT2D eigenvalue weighted by atomic mass is 32.3. The Labute approximate surface area is 207 Å². The normalized spacial score (nSPS) is 14.2. The van der Waals surface area contributed by atoms with Gasteiger partial charge in [0, 0.05) is 5.56 Å². The quantitative estimate of drug-likeness (QED) is 0.121. The Morgan fingerprint density at radius 3 is 1.66 bits per heavy atom. The van der Waals surface area contributed by atoms with E-state index in [2.05, 4.69) is 10.8 Å². The Kier molecular flexibility index (Phi) is 8.86. The number of ketones is 2. The SMILES string of the molecule is C=C(C)C(=O)CC(=O)c1ccc(OS(=O)(=O)C(F)(F)C(F)(F)C(F)(F)S(=O)(=O)NS(=O)(=O)C(F)(F)F)cc1. The van der Waals surface area contributed by atoms with Crippen molar-refractivity contribution in [3.63, 3.8) is 0 Å². The molecule has 1 aromatic rings. The smallest absolute Gasteiger partial charge is 0.378 e. The van der Waals surface area contributed by atoms with Gasteiger partial charge < -0.3 is 4.18 Å². The first kappa shape index (κ1) is 33.3. The largest absolute Gasteiger partial charge is 0.512 e.